The van der Waals surface area contributed by atoms with E-state index in [1.807, 2.05) is 0 Å². The molecule has 99 valence electrons. The predicted octanol–water partition coefficient (Wildman–Crippen LogP) is 2.36. The summed E-state index contributed by atoms with van der Waals surface area (Å²) in [6.07, 6.45) is 4.76. The van der Waals surface area contributed by atoms with Crippen molar-refractivity contribution in [2.24, 2.45) is 0 Å². The molecule has 0 saturated carbocycles. The van der Waals surface area contributed by atoms with Crippen molar-refractivity contribution in [3.05, 3.63) is 18.9 Å². The Morgan fingerprint density at radius 2 is 1.89 bits per heavy atom. The third-order valence-corrected chi connectivity index (χ3v) is 9.48. The molecule has 0 aliphatic carbocycles. The van der Waals surface area contributed by atoms with Crippen LogP contribution in [-0.4, -0.2) is 48.4 Å². The molecule has 0 saturated heterocycles. The summed E-state index contributed by atoms with van der Waals surface area (Å²) >= 11 is 0. The molecule has 0 unspecified atom stereocenters. The zero-order valence-electron chi connectivity index (χ0n) is 12.0. The van der Waals surface area contributed by atoms with Crippen LogP contribution in [0.4, 0.5) is 0 Å². The molecule has 2 heterocycles. The van der Waals surface area contributed by atoms with Crippen molar-refractivity contribution in [1.29, 1.82) is 0 Å². The minimum atomic E-state index is -0.945. The van der Waals surface area contributed by atoms with Crippen molar-refractivity contribution in [3.8, 4) is 0 Å². The van der Waals surface area contributed by atoms with Gasteiger partial charge in [0.1, 0.15) is 29.0 Å². The molecule has 2 aromatic heterocycles. The maximum atomic E-state index is 3.91. The van der Waals surface area contributed by atoms with E-state index in [9.17, 15) is 0 Å². The summed E-state index contributed by atoms with van der Waals surface area (Å²) in [7, 11) is 1.14. The van der Waals surface area contributed by atoms with E-state index >= 15 is 0 Å². The molecular formula is C11H22N5Si2. The molecule has 1 N–H and O–H groups in total. The van der Waals surface area contributed by atoms with Crippen LogP contribution in [0, 0.1) is 0 Å². The van der Waals surface area contributed by atoms with E-state index in [4.69, 9.17) is 0 Å². The van der Waals surface area contributed by atoms with Gasteiger partial charge in [-0.3, -0.25) is 0 Å². The lowest BCUT2D eigenvalue weighted by Crippen LogP contribution is -2.49. The van der Waals surface area contributed by atoms with Crippen LogP contribution < -0.4 is 0 Å². The van der Waals surface area contributed by atoms with Gasteiger partial charge in [0.15, 0.2) is 5.65 Å². The minimum Gasteiger partial charge on any atom is -0.349 e. The van der Waals surface area contributed by atoms with Gasteiger partial charge in [-0.2, -0.15) is 0 Å². The van der Waals surface area contributed by atoms with Gasteiger partial charge in [-0.15, -0.1) is 0 Å². The molecule has 0 bridgehead atoms. The Hall–Kier alpha value is -1.06. The van der Waals surface area contributed by atoms with E-state index in [0.717, 1.165) is 5.52 Å². The molecule has 1 radical (unpaired) electrons. The number of aromatic nitrogens is 4. The second kappa shape index (κ2) is 6.21. The molecule has 0 aliphatic heterocycles. The largest absolute Gasteiger partial charge is 0.349 e. The Balaban J connectivity index is 0.000000180. The zero-order valence-corrected chi connectivity index (χ0v) is 14.0. The molecule has 0 spiro atoms. The van der Waals surface area contributed by atoms with Gasteiger partial charge in [0.05, 0.1) is 12.5 Å². The highest BCUT2D eigenvalue weighted by atomic mass is 28.4. The lowest BCUT2D eigenvalue weighted by molar-refractivity contribution is 0.784. The second-order valence-electron chi connectivity index (χ2n) is 5.34. The summed E-state index contributed by atoms with van der Waals surface area (Å²) < 4.78 is 2.59. The molecule has 0 aromatic carbocycles. The van der Waals surface area contributed by atoms with Crippen LogP contribution >= 0.6 is 0 Å². The molecule has 0 amide bonds. The van der Waals surface area contributed by atoms with Crippen molar-refractivity contribution in [2.45, 2.75) is 32.7 Å². The van der Waals surface area contributed by atoms with Crippen molar-refractivity contribution in [2.75, 3.05) is 7.05 Å². The lowest BCUT2D eigenvalue weighted by Gasteiger charge is -2.32. The van der Waals surface area contributed by atoms with E-state index in [2.05, 4.69) is 63.9 Å². The molecule has 0 atom stereocenters. The lowest BCUT2D eigenvalue weighted by atomic mass is 10.6. The summed E-state index contributed by atoms with van der Waals surface area (Å²) in [5, 5.41) is 0. The number of hydrogen-bond acceptors (Lipinski definition) is 4. The van der Waals surface area contributed by atoms with Gasteiger partial charge in [-0.1, -0.05) is 32.7 Å². The van der Waals surface area contributed by atoms with E-state index in [0.29, 0.717) is 5.65 Å². The maximum Gasteiger partial charge on any atom is 0.180 e. The van der Waals surface area contributed by atoms with Crippen LogP contribution in [0.5, 0.6) is 0 Å². The number of hydrogen-bond donors (Lipinski definition) is 1. The number of imidazole rings is 1. The monoisotopic (exact) mass is 280 g/mol. The quantitative estimate of drug-likeness (QED) is 0.858. The predicted molar refractivity (Wildman–Crippen MR) is 80.3 cm³/mol. The first-order chi connectivity index (χ1) is 8.32. The second-order valence-corrected chi connectivity index (χ2v) is 13.4. The average molecular weight is 281 g/mol. The Kier molecular flexibility index (Phi) is 5.18. The number of aromatic amines is 1. The first-order valence-corrected chi connectivity index (χ1v) is 11.8. The topological polar surface area (TPSA) is 57.7 Å². The van der Waals surface area contributed by atoms with Crippen LogP contribution in [0.1, 0.15) is 0 Å². The first-order valence-electron chi connectivity index (χ1n) is 5.95. The van der Waals surface area contributed by atoms with E-state index < -0.39 is 8.24 Å². The molecule has 7 heteroatoms. The van der Waals surface area contributed by atoms with E-state index in [1.165, 1.54) is 6.33 Å². The van der Waals surface area contributed by atoms with Gasteiger partial charge in [0.25, 0.3) is 0 Å². The van der Waals surface area contributed by atoms with Crippen molar-refractivity contribution < 1.29 is 0 Å². The van der Waals surface area contributed by atoms with E-state index in [1.54, 1.807) is 12.5 Å². The summed E-state index contributed by atoms with van der Waals surface area (Å²) in [5.74, 6) is 0. The molecule has 0 fully saturated rings. The zero-order chi connectivity index (χ0) is 13.8. The first kappa shape index (κ1) is 15.0. The van der Waals surface area contributed by atoms with E-state index in [-0.39, 0.29) is 8.96 Å². The average Bonchev–Trinajstić information content (AvgIpc) is 2.75. The Labute approximate surface area is 111 Å². The SMILES string of the molecule is CN([Si](C)C)[Si](C)(C)C.c1ncc2[nH]cnc2n1. The normalized spacial score (nSPS) is 11.8. The maximum absolute atomic E-state index is 3.91. The third-order valence-electron chi connectivity index (χ3n) is 2.78. The van der Waals surface area contributed by atoms with Gasteiger partial charge in [0.2, 0.25) is 0 Å². The highest BCUT2D eigenvalue weighted by molar-refractivity contribution is 6.82. The summed E-state index contributed by atoms with van der Waals surface area (Å²) in [6, 6.07) is 0. The van der Waals surface area contributed by atoms with Crippen molar-refractivity contribution >= 4 is 28.4 Å². The number of rotatable bonds is 2. The molecular weight excluding hydrogens is 258 g/mol. The van der Waals surface area contributed by atoms with Gasteiger partial charge in [-0.25, -0.2) is 15.0 Å². The fourth-order valence-electron chi connectivity index (χ4n) is 1.36. The number of nitrogens with zero attached hydrogens (tertiary/aromatic N) is 4. The van der Waals surface area contributed by atoms with Crippen LogP contribution in [0.2, 0.25) is 32.7 Å². The fraction of sp³-hybridized carbons (Fsp3) is 0.545. The Morgan fingerprint density at radius 1 is 1.22 bits per heavy atom. The fourth-order valence-corrected chi connectivity index (χ4v) is 6.73. The molecule has 5 nitrogen and oxygen atoms in total. The molecule has 0 aliphatic rings. The molecule has 18 heavy (non-hydrogen) atoms. The third kappa shape index (κ3) is 4.32. The van der Waals surface area contributed by atoms with Gasteiger partial charge in [0, 0.05) is 0 Å². The van der Waals surface area contributed by atoms with Crippen LogP contribution in [-0.2, 0) is 0 Å². The number of H-pyrrole nitrogens is 1. The van der Waals surface area contributed by atoms with Gasteiger partial charge < -0.3 is 9.22 Å². The van der Waals surface area contributed by atoms with Crippen LogP contribution in [0.25, 0.3) is 11.2 Å². The Bertz CT molecular complexity index is 447. The number of fused-ring (bicyclic) bond motifs is 1. The summed E-state index contributed by atoms with van der Waals surface area (Å²) in [4.78, 5) is 14.5. The van der Waals surface area contributed by atoms with Gasteiger partial charge >= 0.3 is 0 Å². The van der Waals surface area contributed by atoms with Gasteiger partial charge in [-0.05, 0) is 7.05 Å². The highest BCUT2D eigenvalue weighted by Gasteiger charge is 2.22. The summed E-state index contributed by atoms with van der Waals surface area (Å²) in [6.45, 7) is 11.9. The van der Waals surface area contributed by atoms with Crippen molar-refractivity contribution in [3.63, 3.8) is 0 Å². The highest BCUT2D eigenvalue weighted by Crippen LogP contribution is 2.07. The van der Waals surface area contributed by atoms with Crippen molar-refractivity contribution in [1.82, 2.24) is 24.2 Å². The summed E-state index contributed by atoms with van der Waals surface area (Å²) in [5.41, 5.74) is 1.59. The number of nitrogens with one attached hydrogen (secondary N) is 1. The smallest absolute Gasteiger partial charge is 0.180 e. The molecule has 2 rings (SSSR count). The van der Waals surface area contributed by atoms with Crippen LogP contribution in [0.15, 0.2) is 18.9 Å². The van der Waals surface area contributed by atoms with Crippen LogP contribution in [0.3, 0.4) is 0 Å². The Morgan fingerprint density at radius 3 is 2.33 bits per heavy atom. The minimum absolute atomic E-state index is 0.175. The molecule has 2 aromatic rings. The standard InChI is InChI=1S/C6H18NSi2.C5H4N4/c1-7(8(2)3)9(4,5)6;1-4-5(8-2-6-1)9-3-7-4/h1-6H3;1-3H,(H,6,7,8,9).